The minimum atomic E-state index is -0.0734. The third-order valence-electron chi connectivity index (χ3n) is 7.25. The van der Waals surface area contributed by atoms with Crippen LogP contribution in [0.25, 0.3) is 0 Å². The maximum Gasteiger partial charge on any atom is 0.0640 e. The Labute approximate surface area is 191 Å². The van der Waals surface area contributed by atoms with Gasteiger partial charge in [0.15, 0.2) is 0 Å². The van der Waals surface area contributed by atoms with Crippen LogP contribution in [0.4, 0.5) is 0 Å². The smallest absolute Gasteiger partial charge is 0.0640 e. The second-order valence-electron chi connectivity index (χ2n) is 8.77. The van der Waals surface area contributed by atoms with Crippen LogP contribution in [0.1, 0.15) is 63.0 Å². The van der Waals surface area contributed by atoms with E-state index in [0.717, 1.165) is 24.6 Å². The summed E-state index contributed by atoms with van der Waals surface area (Å²) in [5.41, 5.74) is 12.8. The van der Waals surface area contributed by atoms with Gasteiger partial charge in [0, 0.05) is 9.80 Å². The average Bonchev–Trinajstić information content (AvgIpc) is 2.74. The summed E-state index contributed by atoms with van der Waals surface area (Å²) >= 11 is 7.79. The van der Waals surface area contributed by atoms with Gasteiger partial charge in [-0.15, -0.1) is 0 Å². The predicted molar refractivity (Wildman–Crippen MR) is 131 cm³/mol. The minimum Gasteiger partial charge on any atom is -0.0879 e. The van der Waals surface area contributed by atoms with Crippen molar-refractivity contribution in [3.8, 4) is 0 Å². The molecule has 0 radical (unpaired) electrons. The summed E-state index contributed by atoms with van der Waals surface area (Å²) in [5.74, 6) is 0. The molecule has 29 heavy (non-hydrogen) atoms. The first-order valence-electron chi connectivity index (χ1n) is 11.0. The molecular formula is C27H28Br2. The summed E-state index contributed by atoms with van der Waals surface area (Å²) in [6.45, 7) is 2.32. The summed E-state index contributed by atoms with van der Waals surface area (Å²) in [5, 5.41) is 0.958. The van der Waals surface area contributed by atoms with Crippen molar-refractivity contribution in [2.24, 2.45) is 0 Å². The van der Waals surface area contributed by atoms with E-state index in [2.05, 4.69) is 81.3 Å². The molecular weight excluding hydrogens is 484 g/mol. The first kappa shape index (κ1) is 19.8. The average molecular weight is 512 g/mol. The van der Waals surface area contributed by atoms with Gasteiger partial charge >= 0.3 is 0 Å². The lowest BCUT2D eigenvalue weighted by Crippen LogP contribution is -2.42. The molecule has 5 rings (SSSR count). The molecule has 4 aliphatic carbocycles. The molecule has 2 heteroatoms. The molecule has 1 spiro atoms. The van der Waals surface area contributed by atoms with Crippen LogP contribution in [0.5, 0.6) is 0 Å². The topological polar surface area (TPSA) is 0 Å². The van der Waals surface area contributed by atoms with Gasteiger partial charge in [-0.3, -0.25) is 0 Å². The zero-order valence-electron chi connectivity index (χ0n) is 17.2. The van der Waals surface area contributed by atoms with E-state index in [0.29, 0.717) is 0 Å². The number of allylic oxidation sites excluding steroid dienone is 10. The van der Waals surface area contributed by atoms with Crippen molar-refractivity contribution in [2.75, 3.05) is 5.33 Å². The maximum absolute atomic E-state index is 3.98. The minimum absolute atomic E-state index is 0.0734. The van der Waals surface area contributed by atoms with E-state index in [1.54, 1.807) is 33.4 Å². The largest absolute Gasteiger partial charge is 0.0879 e. The fourth-order valence-electron chi connectivity index (χ4n) is 6.19. The van der Waals surface area contributed by atoms with Gasteiger partial charge in [-0.25, -0.2) is 0 Å². The SMILES string of the molecule is CCCC1=C(CBr)C2(C3=C(CCC=C3)CC3=C2CCC=C3)c2cc(Br)ccc2C1. The van der Waals surface area contributed by atoms with E-state index in [-0.39, 0.29) is 5.41 Å². The molecule has 4 aliphatic rings. The Kier molecular flexibility index (Phi) is 5.37. The Morgan fingerprint density at radius 3 is 2.69 bits per heavy atom. The number of benzene rings is 1. The molecule has 0 bridgehead atoms. The number of fused-ring (bicyclic) bond motifs is 4. The van der Waals surface area contributed by atoms with Crippen molar-refractivity contribution >= 4 is 31.9 Å². The molecule has 0 N–H and O–H groups in total. The Bertz CT molecular complexity index is 1010. The van der Waals surface area contributed by atoms with E-state index in [1.807, 2.05) is 0 Å². The molecule has 0 fully saturated rings. The fraction of sp³-hybridized carbons (Fsp3) is 0.407. The number of hydrogen-bond acceptors (Lipinski definition) is 0. The van der Waals surface area contributed by atoms with Gasteiger partial charge in [0.05, 0.1) is 5.41 Å². The van der Waals surface area contributed by atoms with Crippen LogP contribution in [-0.2, 0) is 11.8 Å². The first-order chi connectivity index (χ1) is 14.2. The molecule has 0 nitrogen and oxygen atoms in total. The van der Waals surface area contributed by atoms with Crippen molar-refractivity contribution in [2.45, 2.75) is 63.7 Å². The van der Waals surface area contributed by atoms with E-state index >= 15 is 0 Å². The third kappa shape index (κ3) is 2.97. The lowest BCUT2D eigenvalue weighted by Gasteiger charge is -2.50. The highest BCUT2D eigenvalue weighted by Gasteiger charge is 2.50. The van der Waals surface area contributed by atoms with Gasteiger partial charge in [-0.05, 0) is 90.5 Å². The van der Waals surface area contributed by atoms with Crippen LogP contribution in [-0.4, -0.2) is 5.33 Å². The van der Waals surface area contributed by atoms with Crippen LogP contribution in [0, 0.1) is 0 Å². The van der Waals surface area contributed by atoms with E-state index in [1.165, 1.54) is 47.7 Å². The highest BCUT2D eigenvalue weighted by atomic mass is 79.9. The number of halogens is 2. The first-order valence-corrected chi connectivity index (χ1v) is 13.0. The zero-order chi connectivity index (χ0) is 20.0. The van der Waals surface area contributed by atoms with Gasteiger partial charge in [0.25, 0.3) is 0 Å². The fourth-order valence-corrected chi connectivity index (χ4v) is 7.37. The summed E-state index contributed by atoms with van der Waals surface area (Å²) < 4.78 is 1.20. The number of rotatable bonds is 3. The zero-order valence-corrected chi connectivity index (χ0v) is 20.3. The Morgan fingerprint density at radius 1 is 1.03 bits per heavy atom. The summed E-state index contributed by atoms with van der Waals surface area (Å²) in [7, 11) is 0. The number of hydrogen-bond donors (Lipinski definition) is 0. The summed E-state index contributed by atoms with van der Waals surface area (Å²) in [6.07, 6.45) is 19.1. The Balaban J connectivity index is 1.91. The molecule has 1 aromatic carbocycles. The highest BCUT2D eigenvalue weighted by Crippen LogP contribution is 2.59. The van der Waals surface area contributed by atoms with Gasteiger partial charge in [-0.2, -0.15) is 0 Å². The van der Waals surface area contributed by atoms with Crippen molar-refractivity contribution in [3.05, 3.63) is 91.5 Å². The second kappa shape index (κ2) is 7.85. The van der Waals surface area contributed by atoms with Gasteiger partial charge in [-0.1, -0.05) is 86.7 Å². The third-order valence-corrected chi connectivity index (χ3v) is 8.30. The van der Waals surface area contributed by atoms with Crippen LogP contribution in [0.3, 0.4) is 0 Å². The maximum atomic E-state index is 3.98. The Hall–Kier alpha value is -1.12. The van der Waals surface area contributed by atoms with Gasteiger partial charge < -0.3 is 0 Å². The van der Waals surface area contributed by atoms with Crippen molar-refractivity contribution in [1.29, 1.82) is 0 Å². The number of alkyl halides is 1. The van der Waals surface area contributed by atoms with Gasteiger partial charge in [0.2, 0.25) is 0 Å². The summed E-state index contributed by atoms with van der Waals surface area (Å²) in [6, 6.07) is 7.05. The second-order valence-corrected chi connectivity index (χ2v) is 10.3. The monoisotopic (exact) mass is 510 g/mol. The van der Waals surface area contributed by atoms with Gasteiger partial charge in [0.1, 0.15) is 0 Å². The molecule has 0 aliphatic heterocycles. The predicted octanol–water partition coefficient (Wildman–Crippen LogP) is 8.43. The van der Waals surface area contributed by atoms with Crippen LogP contribution < -0.4 is 0 Å². The molecule has 0 amide bonds. The molecule has 150 valence electrons. The molecule has 0 aromatic heterocycles. The standard InChI is InChI=1S/C27H28Br2/c1-2-7-18-14-21-12-13-22(29)16-25(21)27(26(18)17-28)23-10-5-3-8-19(23)15-20-9-4-6-11-24(20)27/h3,6,8,11-13,16H,2,4-5,7,9-10,14-15,17H2,1H3. The Morgan fingerprint density at radius 2 is 1.86 bits per heavy atom. The van der Waals surface area contributed by atoms with Crippen molar-refractivity contribution in [1.82, 2.24) is 0 Å². The van der Waals surface area contributed by atoms with Crippen LogP contribution >= 0.6 is 31.9 Å². The normalized spacial score (nSPS) is 25.5. The highest BCUT2D eigenvalue weighted by molar-refractivity contribution is 9.10. The molecule has 1 unspecified atom stereocenters. The quantitative estimate of drug-likeness (QED) is 0.282. The van der Waals surface area contributed by atoms with Crippen molar-refractivity contribution < 1.29 is 0 Å². The molecule has 0 saturated heterocycles. The lowest BCUT2D eigenvalue weighted by atomic mass is 9.53. The van der Waals surface area contributed by atoms with E-state index in [4.69, 9.17) is 0 Å². The van der Waals surface area contributed by atoms with E-state index < -0.39 is 0 Å². The molecule has 1 atom stereocenters. The molecule has 0 heterocycles. The van der Waals surface area contributed by atoms with Crippen LogP contribution in [0.2, 0.25) is 0 Å². The molecule has 1 aromatic rings. The van der Waals surface area contributed by atoms with Crippen molar-refractivity contribution in [3.63, 3.8) is 0 Å². The lowest BCUT2D eigenvalue weighted by molar-refractivity contribution is 0.581. The summed E-state index contributed by atoms with van der Waals surface area (Å²) in [4.78, 5) is 0. The molecule has 0 saturated carbocycles. The van der Waals surface area contributed by atoms with Crippen LogP contribution in [0.15, 0.2) is 80.4 Å². The van der Waals surface area contributed by atoms with E-state index in [9.17, 15) is 0 Å².